The number of hydrogen-bond donors (Lipinski definition) is 1. The van der Waals surface area contributed by atoms with E-state index in [1.807, 2.05) is 31.4 Å². The molecule has 0 saturated carbocycles. The molecule has 0 aliphatic rings. The number of aromatic nitrogens is 1. The molecule has 17 heavy (non-hydrogen) atoms. The van der Waals surface area contributed by atoms with Gasteiger partial charge in [-0.1, -0.05) is 6.07 Å². The molecule has 2 rings (SSSR count). The van der Waals surface area contributed by atoms with Crippen LogP contribution in [-0.2, 0) is 17.8 Å². The van der Waals surface area contributed by atoms with E-state index in [9.17, 15) is 4.79 Å². The van der Waals surface area contributed by atoms with Gasteiger partial charge < -0.3 is 5.32 Å². The van der Waals surface area contributed by atoms with E-state index in [1.54, 1.807) is 22.7 Å². The van der Waals surface area contributed by atoms with Crippen LogP contribution in [0.25, 0.3) is 0 Å². The number of carbonyl (C=O) groups is 1. The predicted molar refractivity (Wildman–Crippen MR) is 71.5 cm³/mol. The van der Waals surface area contributed by atoms with Crippen LogP contribution >= 0.6 is 22.7 Å². The third kappa shape index (κ3) is 3.38. The summed E-state index contributed by atoms with van der Waals surface area (Å²) in [5.74, 6) is 0.0603. The van der Waals surface area contributed by atoms with Gasteiger partial charge >= 0.3 is 0 Å². The topological polar surface area (TPSA) is 42.0 Å². The largest absolute Gasteiger partial charge is 0.351 e. The van der Waals surface area contributed by atoms with Crippen molar-refractivity contribution in [3.05, 3.63) is 38.0 Å². The van der Waals surface area contributed by atoms with Crippen molar-refractivity contribution in [3.63, 3.8) is 0 Å². The number of nitrogens with zero attached hydrogens (tertiary/aromatic N) is 1. The molecule has 3 nitrogen and oxygen atoms in total. The van der Waals surface area contributed by atoms with Gasteiger partial charge in [0.15, 0.2) is 0 Å². The molecule has 0 bridgehead atoms. The zero-order chi connectivity index (χ0) is 12.3. The quantitative estimate of drug-likeness (QED) is 0.924. The minimum atomic E-state index is 0.0603. The lowest BCUT2D eigenvalue weighted by Gasteiger charge is -2.02. The average molecular weight is 266 g/mol. The van der Waals surface area contributed by atoms with Crippen LogP contribution in [0.2, 0.25) is 0 Å². The minimum absolute atomic E-state index is 0.0603. The number of hydrogen-bond acceptors (Lipinski definition) is 4. The molecule has 0 saturated heterocycles. The fraction of sp³-hybridized carbons (Fsp3) is 0.333. The van der Waals surface area contributed by atoms with E-state index in [4.69, 9.17) is 0 Å². The second kappa shape index (κ2) is 5.42. The standard InChI is InChI=1S/C12H14N2OS2/c1-8-11(17-9(2)14-8)6-12(15)13-7-10-4-3-5-16-10/h3-5H,6-7H2,1-2H3,(H,13,15). The first-order valence-electron chi connectivity index (χ1n) is 5.37. The number of thiazole rings is 1. The van der Waals surface area contributed by atoms with Gasteiger partial charge in [-0.15, -0.1) is 22.7 Å². The monoisotopic (exact) mass is 266 g/mol. The van der Waals surface area contributed by atoms with E-state index < -0.39 is 0 Å². The van der Waals surface area contributed by atoms with Crippen molar-refractivity contribution in [1.82, 2.24) is 10.3 Å². The number of thiophene rings is 1. The highest BCUT2D eigenvalue weighted by Crippen LogP contribution is 2.17. The maximum atomic E-state index is 11.7. The average Bonchev–Trinajstić information content (AvgIpc) is 2.87. The van der Waals surface area contributed by atoms with E-state index in [1.165, 1.54) is 4.88 Å². The van der Waals surface area contributed by atoms with Gasteiger partial charge in [-0.05, 0) is 25.3 Å². The van der Waals surface area contributed by atoms with Gasteiger partial charge in [-0.25, -0.2) is 4.98 Å². The predicted octanol–water partition coefficient (Wildman–Crippen LogP) is 2.68. The molecule has 2 heterocycles. The van der Waals surface area contributed by atoms with Gasteiger partial charge in [0.1, 0.15) is 0 Å². The van der Waals surface area contributed by atoms with E-state index in [0.717, 1.165) is 15.6 Å². The lowest BCUT2D eigenvalue weighted by atomic mass is 10.3. The summed E-state index contributed by atoms with van der Waals surface area (Å²) in [4.78, 5) is 18.3. The smallest absolute Gasteiger partial charge is 0.225 e. The summed E-state index contributed by atoms with van der Waals surface area (Å²) in [6.45, 7) is 4.53. The Balaban J connectivity index is 1.87. The first-order valence-corrected chi connectivity index (χ1v) is 7.07. The number of rotatable bonds is 4. The highest BCUT2D eigenvalue weighted by Gasteiger charge is 2.09. The summed E-state index contributed by atoms with van der Waals surface area (Å²) in [5, 5.41) is 5.95. The fourth-order valence-electron chi connectivity index (χ4n) is 1.54. The Labute approximate surface area is 109 Å². The summed E-state index contributed by atoms with van der Waals surface area (Å²) in [6.07, 6.45) is 0.433. The van der Waals surface area contributed by atoms with Crippen molar-refractivity contribution in [2.75, 3.05) is 0 Å². The Morgan fingerprint density at radius 2 is 2.29 bits per heavy atom. The van der Waals surface area contributed by atoms with Crippen molar-refractivity contribution in [2.24, 2.45) is 0 Å². The van der Waals surface area contributed by atoms with Crippen molar-refractivity contribution in [1.29, 1.82) is 0 Å². The normalized spacial score (nSPS) is 10.5. The third-order valence-corrected chi connectivity index (χ3v) is 4.31. The highest BCUT2D eigenvalue weighted by molar-refractivity contribution is 7.11. The molecule has 0 atom stereocenters. The van der Waals surface area contributed by atoms with Gasteiger partial charge in [0.25, 0.3) is 0 Å². The van der Waals surface area contributed by atoms with Crippen LogP contribution in [0.4, 0.5) is 0 Å². The highest BCUT2D eigenvalue weighted by atomic mass is 32.1. The molecule has 90 valence electrons. The first kappa shape index (κ1) is 12.3. The molecule has 0 unspecified atom stereocenters. The maximum absolute atomic E-state index is 11.7. The van der Waals surface area contributed by atoms with Crippen LogP contribution in [0.15, 0.2) is 17.5 Å². The second-order valence-corrected chi connectivity index (χ2v) is 6.09. The van der Waals surface area contributed by atoms with E-state index in [-0.39, 0.29) is 5.91 Å². The van der Waals surface area contributed by atoms with Crippen LogP contribution in [-0.4, -0.2) is 10.9 Å². The molecule has 0 spiro atoms. The lowest BCUT2D eigenvalue weighted by molar-refractivity contribution is -0.120. The van der Waals surface area contributed by atoms with Gasteiger partial charge in [0.05, 0.1) is 23.7 Å². The Hall–Kier alpha value is -1.20. The number of nitrogens with one attached hydrogen (secondary N) is 1. The third-order valence-electron chi connectivity index (χ3n) is 2.36. The Kier molecular flexibility index (Phi) is 3.91. The molecule has 1 amide bonds. The van der Waals surface area contributed by atoms with Crippen LogP contribution in [0, 0.1) is 13.8 Å². The van der Waals surface area contributed by atoms with Crippen molar-refractivity contribution in [3.8, 4) is 0 Å². The molecule has 2 aromatic rings. The van der Waals surface area contributed by atoms with Crippen molar-refractivity contribution >= 4 is 28.6 Å². The number of amides is 1. The van der Waals surface area contributed by atoms with Gasteiger partial charge in [0.2, 0.25) is 5.91 Å². The zero-order valence-corrected chi connectivity index (χ0v) is 11.5. The van der Waals surface area contributed by atoms with Crippen LogP contribution < -0.4 is 5.32 Å². The second-order valence-electron chi connectivity index (χ2n) is 3.77. The van der Waals surface area contributed by atoms with E-state index in [0.29, 0.717) is 13.0 Å². The summed E-state index contributed by atoms with van der Waals surface area (Å²) >= 11 is 3.25. The van der Waals surface area contributed by atoms with E-state index in [2.05, 4.69) is 10.3 Å². The van der Waals surface area contributed by atoms with E-state index >= 15 is 0 Å². The Morgan fingerprint density at radius 3 is 2.88 bits per heavy atom. The van der Waals surface area contributed by atoms with Gasteiger partial charge in [-0.3, -0.25) is 4.79 Å². The molecule has 2 aromatic heterocycles. The molecule has 0 aliphatic heterocycles. The van der Waals surface area contributed by atoms with Crippen LogP contribution in [0.5, 0.6) is 0 Å². The first-order chi connectivity index (χ1) is 8.15. The number of aryl methyl sites for hydroxylation is 2. The lowest BCUT2D eigenvalue weighted by Crippen LogP contribution is -2.24. The Bertz CT molecular complexity index is 503. The van der Waals surface area contributed by atoms with Gasteiger partial charge in [0, 0.05) is 9.75 Å². The van der Waals surface area contributed by atoms with Crippen molar-refractivity contribution < 1.29 is 4.79 Å². The van der Waals surface area contributed by atoms with Gasteiger partial charge in [-0.2, -0.15) is 0 Å². The van der Waals surface area contributed by atoms with Crippen LogP contribution in [0.3, 0.4) is 0 Å². The minimum Gasteiger partial charge on any atom is -0.351 e. The Morgan fingerprint density at radius 1 is 1.47 bits per heavy atom. The number of carbonyl (C=O) groups excluding carboxylic acids is 1. The molecular weight excluding hydrogens is 252 g/mol. The summed E-state index contributed by atoms with van der Waals surface area (Å²) in [5.41, 5.74) is 0.971. The molecule has 0 aromatic carbocycles. The molecule has 5 heteroatoms. The fourth-order valence-corrected chi connectivity index (χ4v) is 3.13. The van der Waals surface area contributed by atoms with Crippen molar-refractivity contribution in [2.45, 2.75) is 26.8 Å². The zero-order valence-electron chi connectivity index (χ0n) is 9.82. The molecule has 0 radical (unpaired) electrons. The maximum Gasteiger partial charge on any atom is 0.225 e. The summed E-state index contributed by atoms with van der Waals surface area (Å²) in [7, 11) is 0. The SMILES string of the molecule is Cc1nc(C)c(CC(=O)NCc2cccs2)s1. The van der Waals surface area contributed by atoms with Crippen LogP contribution in [0.1, 0.15) is 20.5 Å². The molecule has 0 aliphatic carbocycles. The molecule has 1 N–H and O–H groups in total. The molecule has 0 fully saturated rings. The summed E-state index contributed by atoms with van der Waals surface area (Å²) < 4.78 is 0. The molecular formula is C12H14N2OS2. The summed E-state index contributed by atoms with van der Waals surface area (Å²) in [6, 6.07) is 4.01.